The molecule has 2 aromatic rings. The van der Waals surface area contributed by atoms with Gasteiger partial charge in [0.05, 0.1) is 0 Å². The molecule has 1 N–H and O–H groups in total. The van der Waals surface area contributed by atoms with Crippen molar-refractivity contribution in [1.82, 2.24) is 4.90 Å². The highest BCUT2D eigenvalue weighted by Gasteiger charge is 2.21. The zero-order valence-electron chi connectivity index (χ0n) is 14.1. The van der Waals surface area contributed by atoms with Crippen molar-refractivity contribution in [3.05, 3.63) is 58.1 Å². The number of urea groups is 1. The van der Waals surface area contributed by atoms with Crippen LogP contribution in [0.15, 0.2) is 46.9 Å². The molecule has 126 valence electrons. The maximum Gasteiger partial charge on any atom is 0.321 e. The molecule has 2 amide bonds. The number of amides is 2. The Bertz CT molecular complexity index is 739. The predicted molar refractivity (Wildman–Crippen MR) is 103 cm³/mol. The Morgan fingerprint density at radius 3 is 2.46 bits per heavy atom. The van der Waals surface area contributed by atoms with Gasteiger partial charge in [0, 0.05) is 42.0 Å². The smallest absolute Gasteiger partial charge is 0.321 e. The normalized spacial score (nSPS) is 14.6. The Morgan fingerprint density at radius 1 is 1.04 bits per heavy atom. The van der Waals surface area contributed by atoms with Gasteiger partial charge in [-0.25, -0.2) is 4.79 Å². The maximum atomic E-state index is 12.5. The van der Waals surface area contributed by atoms with E-state index in [0.29, 0.717) is 0 Å². The zero-order chi connectivity index (χ0) is 17.1. The topological polar surface area (TPSA) is 35.6 Å². The van der Waals surface area contributed by atoms with E-state index in [1.807, 2.05) is 30.0 Å². The van der Waals surface area contributed by atoms with E-state index in [0.717, 1.165) is 41.9 Å². The molecule has 0 aliphatic carbocycles. The predicted octanol–water partition coefficient (Wildman–Crippen LogP) is 4.42. The maximum absolute atomic E-state index is 12.5. The SMILES string of the molecule is Cc1cccc(N2CCN(C(=O)Nc3ccc(Br)cc3C)CC2)c1. The van der Waals surface area contributed by atoms with Gasteiger partial charge in [-0.15, -0.1) is 0 Å². The average molecular weight is 388 g/mol. The Kier molecular flexibility index (Phi) is 5.09. The van der Waals surface area contributed by atoms with Gasteiger partial charge in [-0.1, -0.05) is 28.1 Å². The van der Waals surface area contributed by atoms with Gasteiger partial charge in [0.15, 0.2) is 0 Å². The van der Waals surface area contributed by atoms with Crippen LogP contribution in [0.4, 0.5) is 16.2 Å². The number of halogens is 1. The molecule has 0 aromatic heterocycles. The van der Waals surface area contributed by atoms with Crippen molar-refractivity contribution < 1.29 is 4.79 Å². The molecule has 0 radical (unpaired) electrons. The van der Waals surface area contributed by atoms with Gasteiger partial charge in [-0.05, 0) is 55.3 Å². The van der Waals surface area contributed by atoms with Crippen molar-refractivity contribution >= 4 is 33.3 Å². The molecule has 24 heavy (non-hydrogen) atoms. The number of anilines is 2. The molecule has 0 spiro atoms. The first-order chi connectivity index (χ1) is 11.5. The zero-order valence-corrected chi connectivity index (χ0v) is 15.6. The molecule has 0 saturated carbocycles. The first-order valence-electron chi connectivity index (χ1n) is 8.16. The van der Waals surface area contributed by atoms with Crippen LogP contribution in [-0.4, -0.2) is 37.1 Å². The largest absolute Gasteiger partial charge is 0.368 e. The minimum Gasteiger partial charge on any atom is -0.368 e. The second-order valence-corrected chi connectivity index (χ2v) is 7.12. The third-order valence-electron chi connectivity index (χ3n) is 4.36. The number of hydrogen-bond acceptors (Lipinski definition) is 2. The van der Waals surface area contributed by atoms with E-state index in [9.17, 15) is 4.79 Å². The van der Waals surface area contributed by atoms with E-state index >= 15 is 0 Å². The quantitative estimate of drug-likeness (QED) is 0.827. The summed E-state index contributed by atoms with van der Waals surface area (Å²) in [5.74, 6) is 0. The Labute approximate surface area is 151 Å². The van der Waals surface area contributed by atoms with E-state index in [-0.39, 0.29) is 6.03 Å². The number of carbonyl (C=O) groups is 1. The fraction of sp³-hybridized carbons (Fsp3) is 0.316. The number of nitrogens with one attached hydrogen (secondary N) is 1. The van der Waals surface area contributed by atoms with Crippen molar-refractivity contribution in [2.75, 3.05) is 36.4 Å². The number of nitrogens with zero attached hydrogens (tertiary/aromatic N) is 2. The van der Waals surface area contributed by atoms with Gasteiger partial charge in [0.1, 0.15) is 0 Å². The molecule has 0 atom stereocenters. The fourth-order valence-electron chi connectivity index (χ4n) is 2.95. The molecule has 5 heteroatoms. The number of piperazine rings is 1. The fourth-order valence-corrected chi connectivity index (χ4v) is 3.43. The first kappa shape index (κ1) is 16.8. The lowest BCUT2D eigenvalue weighted by Gasteiger charge is -2.36. The van der Waals surface area contributed by atoms with Gasteiger partial charge in [-0.2, -0.15) is 0 Å². The van der Waals surface area contributed by atoms with Crippen molar-refractivity contribution in [3.8, 4) is 0 Å². The van der Waals surface area contributed by atoms with Gasteiger partial charge in [0.25, 0.3) is 0 Å². The van der Waals surface area contributed by atoms with Gasteiger partial charge < -0.3 is 15.1 Å². The molecule has 1 aliphatic rings. The molecule has 0 bridgehead atoms. The first-order valence-corrected chi connectivity index (χ1v) is 8.96. The molecule has 3 rings (SSSR count). The number of aryl methyl sites for hydroxylation is 2. The molecular weight excluding hydrogens is 366 g/mol. The molecule has 4 nitrogen and oxygen atoms in total. The molecule has 1 heterocycles. The summed E-state index contributed by atoms with van der Waals surface area (Å²) in [6, 6.07) is 14.4. The summed E-state index contributed by atoms with van der Waals surface area (Å²) in [6.07, 6.45) is 0. The van der Waals surface area contributed by atoms with Crippen LogP contribution in [0.5, 0.6) is 0 Å². The van der Waals surface area contributed by atoms with Crippen molar-refractivity contribution in [1.29, 1.82) is 0 Å². The molecular formula is C19H22BrN3O. The minimum atomic E-state index is -0.0238. The summed E-state index contributed by atoms with van der Waals surface area (Å²) in [6.45, 7) is 7.28. The summed E-state index contributed by atoms with van der Waals surface area (Å²) >= 11 is 3.44. The summed E-state index contributed by atoms with van der Waals surface area (Å²) in [7, 11) is 0. The van der Waals surface area contributed by atoms with Crippen molar-refractivity contribution in [2.45, 2.75) is 13.8 Å². The molecule has 2 aromatic carbocycles. The lowest BCUT2D eigenvalue weighted by molar-refractivity contribution is 0.208. The summed E-state index contributed by atoms with van der Waals surface area (Å²) < 4.78 is 1.02. The molecule has 1 aliphatic heterocycles. The van der Waals surface area contributed by atoms with E-state index in [2.05, 4.69) is 57.3 Å². The highest BCUT2D eigenvalue weighted by Crippen LogP contribution is 2.21. The highest BCUT2D eigenvalue weighted by molar-refractivity contribution is 9.10. The summed E-state index contributed by atoms with van der Waals surface area (Å²) in [5, 5.41) is 3.02. The number of carbonyl (C=O) groups excluding carboxylic acids is 1. The van der Waals surface area contributed by atoms with Crippen molar-refractivity contribution in [3.63, 3.8) is 0 Å². The lowest BCUT2D eigenvalue weighted by Crippen LogP contribution is -2.50. The minimum absolute atomic E-state index is 0.0238. The van der Waals surface area contributed by atoms with Crippen LogP contribution in [0, 0.1) is 13.8 Å². The van der Waals surface area contributed by atoms with Crippen LogP contribution in [-0.2, 0) is 0 Å². The van der Waals surface area contributed by atoms with Crippen LogP contribution in [0.3, 0.4) is 0 Å². The summed E-state index contributed by atoms with van der Waals surface area (Å²) in [5.41, 5.74) is 4.41. The number of rotatable bonds is 2. The van der Waals surface area contributed by atoms with Gasteiger partial charge >= 0.3 is 6.03 Å². The number of benzene rings is 2. The summed E-state index contributed by atoms with van der Waals surface area (Å²) in [4.78, 5) is 16.7. The Balaban J connectivity index is 1.59. The molecule has 1 fully saturated rings. The number of hydrogen-bond donors (Lipinski definition) is 1. The third-order valence-corrected chi connectivity index (χ3v) is 4.86. The second kappa shape index (κ2) is 7.26. The molecule has 1 saturated heterocycles. The Morgan fingerprint density at radius 2 is 1.79 bits per heavy atom. The average Bonchev–Trinajstić information content (AvgIpc) is 2.57. The van der Waals surface area contributed by atoms with Crippen LogP contribution >= 0.6 is 15.9 Å². The van der Waals surface area contributed by atoms with E-state index in [1.54, 1.807) is 0 Å². The highest BCUT2D eigenvalue weighted by atomic mass is 79.9. The van der Waals surface area contributed by atoms with Gasteiger partial charge in [0.2, 0.25) is 0 Å². The van der Waals surface area contributed by atoms with E-state index in [4.69, 9.17) is 0 Å². The van der Waals surface area contributed by atoms with Crippen LogP contribution in [0.25, 0.3) is 0 Å². The van der Waals surface area contributed by atoms with Crippen molar-refractivity contribution in [2.24, 2.45) is 0 Å². The lowest BCUT2D eigenvalue weighted by atomic mass is 10.2. The van der Waals surface area contributed by atoms with Gasteiger partial charge in [-0.3, -0.25) is 0 Å². The van der Waals surface area contributed by atoms with Crippen LogP contribution in [0.1, 0.15) is 11.1 Å². The third kappa shape index (κ3) is 3.90. The standard InChI is InChI=1S/C19H22BrN3O/c1-14-4-3-5-17(12-14)22-8-10-23(11-9-22)19(24)21-18-7-6-16(20)13-15(18)2/h3-7,12-13H,8-11H2,1-2H3,(H,21,24). The monoisotopic (exact) mass is 387 g/mol. The second-order valence-electron chi connectivity index (χ2n) is 6.20. The molecule has 0 unspecified atom stereocenters. The van der Waals surface area contributed by atoms with Crippen LogP contribution in [0.2, 0.25) is 0 Å². The van der Waals surface area contributed by atoms with E-state index < -0.39 is 0 Å². The van der Waals surface area contributed by atoms with E-state index in [1.165, 1.54) is 11.3 Å². The Hall–Kier alpha value is -2.01. The van der Waals surface area contributed by atoms with Crippen LogP contribution < -0.4 is 10.2 Å².